The average molecular weight is 368 g/mol. The Balaban J connectivity index is 1.33. The maximum atomic E-state index is 12.9. The first-order chi connectivity index (χ1) is 13.3. The highest BCUT2D eigenvalue weighted by molar-refractivity contribution is 5.94. The van der Waals surface area contributed by atoms with Gasteiger partial charge in [-0.15, -0.1) is 0 Å². The molecule has 1 amide bonds. The van der Waals surface area contributed by atoms with E-state index in [-0.39, 0.29) is 12.2 Å². The Morgan fingerprint density at radius 1 is 1.15 bits per heavy atom. The second-order valence-corrected chi connectivity index (χ2v) is 6.92. The number of pyridine rings is 1. The van der Waals surface area contributed by atoms with Crippen molar-refractivity contribution < 1.29 is 19.0 Å². The number of hydrogen-bond acceptors (Lipinski definition) is 5. The van der Waals surface area contributed by atoms with Gasteiger partial charge >= 0.3 is 0 Å². The molecule has 27 heavy (non-hydrogen) atoms. The molecule has 4 rings (SSSR count). The quantitative estimate of drug-likeness (QED) is 0.812. The molecular weight excluding hydrogens is 344 g/mol. The number of aromatic nitrogens is 1. The second kappa shape index (κ2) is 8.50. The largest absolute Gasteiger partial charge is 0.489 e. The van der Waals surface area contributed by atoms with Crippen LogP contribution in [0.4, 0.5) is 0 Å². The number of hydrogen-bond donors (Lipinski definition) is 0. The van der Waals surface area contributed by atoms with E-state index in [1.807, 2.05) is 41.3 Å². The van der Waals surface area contributed by atoms with Crippen LogP contribution in [-0.2, 0) is 16.1 Å². The van der Waals surface area contributed by atoms with E-state index in [2.05, 4.69) is 4.98 Å². The average Bonchev–Trinajstić information content (AvgIpc) is 3.28. The first-order valence-electron chi connectivity index (χ1n) is 9.44. The van der Waals surface area contributed by atoms with Crippen LogP contribution in [0.1, 0.15) is 28.8 Å². The van der Waals surface area contributed by atoms with Crippen LogP contribution in [0.3, 0.4) is 0 Å². The van der Waals surface area contributed by atoms with Gasteiger partial charge in [0.15, 0.2) is 6.29 Å². The SMILES string of the molecule is O=C(c1cccc(OCc2cccnc2)c1)N1CCC(C2OCCO2)CC1. The van der Waals surface area contributed by atoms with E-state index in [0.29, 0.717) is 37.1 Å². The third-order valence-corrected chi connectivity index (χ3v) is 5.07. The lowest BCUT2D eigenvalue weighted by Crippen LogP contribution is -2.41. The summed E-state index contributed by atoms with van der Waals surface area (Å²) in [6.07, 6.45) is 5.24. The van der Waals surface area contributed by atoms with Crippen molar-refractivity contribution >= 4 is 5.91 Å². The summed E-state index contributed by atoms with van der Waals surface area (Å²) in [7, 11) is 0. The number of nitrogens with zero attached hydrogens (tertiary/aromatic N) is 2. The van der Waals surface area contributed by atoms with Crippen LogP contribution in [0.25, 0.3) is 0 Å². The summed E-state index contributed by atoms with van der Waals surface area (Å²) in [4.78, 5) is 18.8. The summed E-state index contributed by atoms with van der Waals surface area (Å²) >= 11 is 0. The van der Waals surface area contributed by atoms with E-state index in [1.54, 1.807) is 12.4 Å². The first kappa shape index (κ1) is 17.9. The number of carbonyl (C=O) groups excluding carboxylic acids is 1. The number of ether oxygens (including phenoxy) is 3. The van der Waals surface area contributed by atoms with Gasteiger partial charge in [0.1, 0.15) is 12.4 Å². The zero-order chi connectivity index (χ0) is 18.5. The number of carbonyl (C=O) groups is 1. The molecule has 6 nitrogen and oxygen atoms in total. The molecule has 6 heteroatoms. The molecule has 0 atom stereocenters. The smallest absolute Gasteiger partial charge is 0.253 e. The second-order valence-electron chi connectivity index (χ2n) is 6.92. The van der Waals surface area contributed by atoms with E-state index < -0.39 is 0 Å². The Labute approximate surface area is 159 Å². The molecule has 0 saturated carbocycles. The van der Waals surface area contributed by atoms with Gasteiger partial charge in [0.25, 0.3) is 5.91 Å². The van der Waals surface area contributed by atoms with Gasteiger partial charge in [-0.2, -0.15) is 0 Å². The summed E-state index contributed by atoms with van der Waals surface area (Å²) < 4.78 is 17.0. The van der Waals surface area contributed by atoms with Gasteiger partial charge in [0.05, 0.1) is 13.2 Å². The molecule has 1 aromatic carbocycles. The minimum absolute atomic E-state index is 0.0496. The van der Waals surface area contributed by atoms with E-state index in [9.17, 15) is 4.79 Å². The van der Waals surface area contributed by atoms with Crippen molar-refractivity contribution in [2.75, 3.05) is 26.3 Å². The van der Waals surface area contributed by atoms with Crippen LogP contribution in [0.5, 0.6) is 5.75 Å². The van der Waals surface area contributed by atoms with E-state index >= 15 is 0 Å². The lowest BCUT2D eigenvalue weighted by atomic mass is 9.95. The standard InChI is InChI=1S/C21H24N2O4/c24-20(23-9-6-17(7-10-23)21-25-11-12-26-21)18-4-1-5-19(13-18)27-15-16-3-2-8-22-14-16/h1-5,8,13-14,17,21H,6-7,9-12,15H2. The van der Waals surface area contributed by atoms with Crippen LogP contribution in [-0.4, -0.2) is 48.4 Å². The number of benzene rings is 1. The maximum absolute atomic E-state index is 12.9. The number of rotatable bonds is 5. The molecule has 2 aliphatic heterocycles. The zero-order valence-corrected chi connectivity index (χ0v) is 15.3. The number of amides is 1. The lowest BCUT2D eigenvalue weighted by Gasteiger charge is -2.33. The highest BCUT2D eigenvalue weighted by atomic mass is 16.7. The normalized spacial score (nSPS) is 18.6. The summed E-state index contributed by atoms with van der Waals surface area (Å²) in [5.74, 6) is 1.12. The topological polar surface area (TPSA) is 60.9 Å². The molecule has 142 valence electrons. The van der Waals surface area contributed by atoms with Crippen LogP contribution >= 0.6 is 0 Å². The van der Waals surface area contributed by atoms with Crippen molar-refractivity contribution in [1.82, 2.24) is 9.88 Å². The minimum Gasteiger partial charge on any atom is -0.489 e. The van der Waals surface area contributed by atoms with Gasteiger partial charge in [0.2, 0.25) is 0 Å². The van der Waals surface area contributed by atoms with Crippen molar-refractivity contribution in [2.24, 2.45) is 5.92 Å². The fraction of sp³-hybridized carbons (Fsp3) is 0.429. The van der Waals surface area contributed by atoms with E-state index in [4.69, 9.17) is 14.2 Å². The van der Waals surface area contributed by atoms with E-state index in [1.165, 1.54) is 0 Å². The molecule has 2 fully saturated rings. The number of likely N-dealkylation sites (tertiary alicyclic amines) is 1. The lowest BCUT2D eigenvalue weighted by molar-refractivity contribution is -0.0956. The van der Waals surface area contributed by atoms with Crippen molar-refractivity contribution in [3.05, 3.63) is 59.9 Å². The highest BCUT2D eigenvalue weighted by Gasteiger charge is 2.32. The van der Waals surface area contributed by atoms with Crippen LogP contribution < -0.4 is 4.74 Å². The van der Waals surface area contributed by atoms with Crippen LogP contribution in [0.2, 0.25) is 0 Å². The van der Waals surface area contributed by atoms with Gasteiger partial charge in [-0.25, -0.2) is 0 Å². The predicted molar refractivity (Wildman–Crippen MR) is 99.3 cm³/mol. The molecule has 2 aliphatic rings. The van der Waals surface area contributed by atoms with Crippen molar-refractivity contribution in [2.45, 2.75) is 25.7 Å². The molecule has 3 heterocycles. The molecule has 2 aromatic rings. The Hall–Kier alpha value is -2.44. The Kier molecular flexibility index (Phi) is 5.65. The fourth-order valence-electron chi connectivity index (χ4n) is 3.58. The Bertz CT molecular complexity index is 754. The Morgan fingerprint density at radius 3 is 2.70 bits per heavy atom. The summed E-state index contributed by atoms with van der Waals surface area (Å²) in [6, 6.07) is 11.2. The van der Waals surface area contributed by atoms with E-state index in [0.717, 1.165) is 31.5 Å². The van der Waals surface area contributed by atoms with Crippen LogP contribution in [0, 0.1) is 5.92 Å². The number of piperidine rings is 1. The zero-order valence-electron chi connectivity index (χ0n) is 15.3. The molecule has 0 unspecified atom stereocenters. The van der Waals surface area contributed by atoms with Crippen LogP contribution in [0.15, 0.2) is 48.8 Å². The molecule has 0 spiro atoms. The molecule has 0 N–H and O–H groups in total. The molecule has 0 bridgehead atoms. The summed E-state index contributed by atoms with van der Waals surface area (Å²) in [5.41, 5.74) is 1.65. The molecular formula is C21H24N2O4. The minimum atomic E-state index is -0.0912. The van der Waals surface area contributed by atoms with Crippen molar-refractivity contribution in [1.29, 1.82) is 0 Å². The molecule has 2 saturated heterocycles. The van der Waals surface area contributed by atoms with Crippen molar-refractivity contribution in [3.63, 3.8) is 0 Å². The first-order valence-corrected chi connectivity index (χ1v) is 9.44. The third-order valence-electron chi connectivity index (χ3n) is 5.07. The molecule has 0 aliphatic carbocycles. The molecule has 0 radical (unpaired) electrons. The highest BCUT2D eigenvalue weighted by Crippen LogP contribution is 2.27. The Morgan fingerprint density at radius 2 is 1.96 bits per heavy atom. The predicted octanol–water partition coefficient (Wildman–Crippen LogP) is 2.89. The van der Waals surface area contributed by atoms with Gasteiger partial charge in [-0.3, -0.25) is 9.78 Å². The van der Waals surface area contributed by atoms with Gasteiger partial charge < -0.3 is 19.1 Å². The molecule has 1 aromatic heterocycles. The van der Waals surface area contributed by atoms with Gasteiger partial charge in [-0.1, -0.05) is 12.1 Å². The summed E-state index contributed by atoms with van der Waals surface area (Å²) in [6.45, 7) is 3.24. The van der Waals surface area contributed by atoms with Gasteiger partial charge in [0, 0.05) is 42.5 Å². The maximum Gasteiger partial charge on any atom is 0.253 e. The van der Waals surface area contributed by atoms with Crippen molar-refractivity contribution in [3.8, 4) is 5.75 Å². The monoisotopic (exact) mass is 368 g/mol. The van der Waals surface area contributed by atoms with Gasteiger partial charge in [-0.05, 0) is 37.1 Å². The fourth-order valence-corrected chi connectivity index (χ4v) is 3.58. The third kappa shape index (κ3) is 4.46. The summed E-state index contributed by atoms with van der Waals surface area (Å²) in [5, 5.41) is 0.